The maximum Gasteiger partial charge on any atom is 0.344 e. The van der Waals surface area contributed by atoms with Crippen molar-refractivity contribution >= 4 is 11.9 Å². The molecular weight excluding hydrogens is 310 g/mol. The molecule has 6 heteroatoms. The van der Waals surface area contributed by atoms with Crippen LogP contribution in [0.5, 0.6) is 11.5 Å². The predicted molar refractivity (Wildman–Crippen MR) is 89.0 cm³/mol. The van der Waals surface area contributed by atoms with Gasteiger partial charge in [0.25, 0.3) is 5.91 Å². The van der Waals surface area contributed by atoms with Crippen LogP contribution < -0.4 is 14.8 Å². The van der Waals surface area contributed by atoms with Crippen molar-refractivity contribution in [1.29, 1.82) is 0 Å². The summed E-state index contributed by atoms with van der Waals surface area (Å²) in [6.07, 6.45) is 4.46. The Bertz CT molecular complexity index is 543. The van der Waals surface area contributed by atoms with Gasteiger partial charge < -0.3 is 19.5 Å². The number of esters is 1. The third-order valence-electron chi connectivity index (χ3n) is 4.24. The molecule has 1 fully saturated rings. The van der Waals surface area contributed by atoms with Crippen molar-refractivity contribution in [2.75, 3.05) is 20.3 Å². The van der Waals surface area contributed by atoms with Crippen molar-refractivity contribution in [2.45, 2.75) is 38.6 Å². The Kier molecular flexibility index (Phi) is 6.90. The molecule has 1 aliphatic rings. The number of nitrogens with one attached hydrogen (secondary N) is 1. The van der Waals surface area contributed by atoms with Crippen LogP contribution in [0.2, 0.25) is 0 Å². The van der Waals surface area contributed by atoms with Crippen molar-refractivity contribution in [1.82, 2.24) is 5.32 Å². The van der Waals surface area contributed by atoms with Crippen LogP contribution in [-0.4, -0.2) is 38.2 Å². The fourth-order valence-electron chi connectivity index (χ4n) is 2.78. The average molecular weight is 335 g/mol. The summed E-state index contributed by atoms with van der Waals surface area (Å²) in [6.45, 7) is 1.63. The van der Waals surface area contributed by atoms with Gasteiger partial charge in [-0.15, -0.1) is 0 Å². The molecule has 24 heavy (non-hydrogen) atoms. The molecule has 2 atom stereocenters. The molecule has 0 radical (unpaired) electrons. The van der Waals surface area contributed by atoms with Gasteiger partial charge in [0.2, 0.25) is 0 Å². The first-order valence-electron chi connectivity index (χ1n) is 8.30. The lowest BCUT2D eigenvalue weighted by Gasteiger charge is -2.29. The molecule has 6 nitrogen and oxygen atoms in total. The Morgan fingerprint density at radius 1 is 1.08 bits per heavy atom. The van der Waals surface area contributed by atoms with E-state index < -0.39 is 5.97 Å². The highest BCUT2D eigenvalue weighted by Gasteiger charge is 2.23. The number of benzene rings is 1. The van der Waals surface area contributed by atoms with Gasteiger partial charge in [-0.1, -0.05) is 19.8 Å². The molecule has 0 saturated heterocycles. The number of carbonyl (C=O) groups is 2. The molecule has 132 valence electrons. The summed E-state index contributed by atoms with van der Waals surface area (Å²) < 4.78 is 15.3. The van der Waals surface area contributed by atoms with Crippen molar-refractivity contribution in [3.63, 3.8) is 0 Å². The zero-order chi connectivity index (χ0) is 17.4. The third-order valence-corrected chi connectivity index (χ3v) is 4.24. The first kappa shape index (κ1) is 18.1. The van der Waals surface area contributed by atoms with E-state index in [9.17, 15) is 9.59 Å². The lowest BCUT2D eigenvalue weighted by atomic mass is 9.86. The van der Waals surface area contributed by atoms with E-state index in [0.29, 0.717) is 17.4 Å². The first-order chi connectivity index (χ1) is 11.6. The first-order valence-corrected chi connectivity index (χ1v) is 8.30. The molecule has 0 heterocycles. The summed E-state index contributed by atoms with van der Waals surface area (Å²) in [5.41, 5.74) is 0. The van der Waals surface area contributed by atoms with Crippen LogP contribution >= 0.6 is 0 Å². The zero-order valence-corrected chi connectivity index (χ0v) is 14.2. The molecule has 1 aromatic rings. The van der Waals surface area contributed by atoms with Gasteiger partial charge in [0, 0.05) is 6.04 Å². The molecular formula is C18H25NO5. The van der Waals surface area contributed by atoms with Crippen LogP contribution in [0.25, 0.3) is 0 Å². The molecule has 0 unspecified atom stereocenters. The van der Waals surface area contributed by atoms with Crippen molar-refractivity contribution in [3.8, 4) is 11.5 Å². The monoisotopic (exact) mass is 335 g/mol. The molecule has 0 aliphatic heterocycles. The number of carbonyl (C=O) groups excluding carboxylic acids is 2. The molecule has 0 aromatic heterocycles. The Balaban J connectivity index is 1.65. The summed E-state index contributed by atoms with van der Waals surface area (Å²) in [6, 6.07) is 7.05. The summed E-state index contributed by atoms with van der Waals surface area (Å²) in [5, 5.41) is 2.94. The lowest BCUT2D eigenvalue weighted by Crippen LogP contribution is -2.43. The zero-order valence-electron chi connectivity index (χ0n) is 14.2. The van der Waals surface area contributed by atoms with Crippen molar-refractivity contribution in [3.05, 3.63) is 24.3 Å². The summed E-state index contributed by atoms with van der Waals surface area (Å²) in [7, 11) is 1.58. The van der Waals surface area contributed by atoms with Gasteiger partial charge in [-0.2, -0.15) is 0 Å². The Labute approximate surface area is 142 Å². The van der Waals surface area contributed by atoms with E-state index in [0.717, 1.165) is 19.3 Å². The van der Waals surface area contributed by atoms with Gasteiger partial charge in [0.15, 0.2) is 13.2 Å². The normalized spacial score (nSPS) is 20.1. The summed E-state index contributed by atoms with van der Waals surface area (Å²) in [4.78, 5) is 23.5. The largest absolute Gasteiger partial charge is 0.497 e. The van der Waals surface area contributed by atoms with Gasteiger partial charge in [-0.3, -0.25) is 4.79 Å². The average Bonchev–Trinajstić information content (AvgIpc) is 2.60. The quantitative estimate of drug-likeness (QED) is 0.774. The number of methoxy groups -OCH3 is 1. The van der Waals surface area contributed by atoms with Gasteiger partial charge in [-0.25, -0.2) is 4.79 Å². The van der Waals surface area contributed by atoms with Crippen LogP contribution in [0, 0.1) is 5.92 Å². The van der Waals surface area contributed by atoms with Crippen molar-refractivity contribution < 1.29 is 23.8 Å². The lowest BCUT2D eigenvalue weighted by molar-refractivity contribution is -0.150. The Morgan fingerprint density at radius 2 is 1.75 bits per heavy atom. The highest BCUT2D eigenvalue weighted by atomic mass is 16.6. The van der Waals surface area contributed by atoms with E-state index in [-0.39, 0.29) is 25.2 Å². The summed E-state index contributed by atoms with van der Waals surface area (Å²) in [5.74, 6) is 0.882. The SMILES string of the molecule is COc1ccc(OCC(=O)OCC(=O)N[C@@H]2CCCC[C@@H]2C)cc1. The molecule has 1 amide bonds. The van der Waals surface area contributed by atoms with E-state index >= 15 is 0 Å². The van der Waals surface area contributed by atoms with Crippen molar-refractivity contribution in [2.24, 2.45) is 5.92 Å². The minimum Gasteiger partial charge on any atom is -0.497 e. The standard InChI is InChI=1S/C18H25NO5/c1-13-5-3-4-6-16(13)19-17(20)11-24-18(21)12-23-15-9-7-14(22-2)8-10-15/h7-10,13,16H,3-6,11-12H2,1-2H3,(H,19,20)/t13-,16+/m0/s1. The Hall–Kier alpha value is -2.24. The molecule has 1 N–H and O–H groups in total. The number of rotatable bonds is 7. The van der Waals surface area contributed by atoms with E-state index in [1.165, 1.54) is 6.42 Å². The van der Waals surface area contributed by atoms with Gasteiger partial charge >= 0.3 is 5.97 Å². The third kappa shape index (κ3) is 5.76. The van der Waals surface area contributed by atoms with Gasteiger partial charge in [-0.05, 0) is 43.0 Å². The maximum absolute atomic E-state index is 11.9. The molecule has 1 saturated carbocycles. The Morgan fingerprint density at radius 3 is 2.42 bits per heavy atom. The maximum atomic E-state index is 11.9. The number of hydrogen-bond donors (Lipinski definition) is 1. The van der Waals surface area contributed by atoms with Gasteiger partial charge in [0.1, 0.15) is 11.5 Å². The fraction of sp³-hybridized carbons (Fsp3) is 0.556. The van der Waals surface area contributed by atoms with E-state index in [1.807, 2.05) is 0 Å². The smallest absolute Gasteiger partial charge is 0.344 e. The van der Waals surface area contributed by atoms with E-state index in [2.05, 4.69) is 12.2 Å². The molecule has 0 bridgehead atoms. The van der Waals surface area contributed by atoms with E-state index in [4.69, 9.17) is 14.2 Å². The molecule has 0 spiro atoms. The molecule has 1 aromatic carbocycles. The van der Waals surface area contributed by atoms with Crippen LogP contribution in [0.1, 0.15) is 32.6 Å². The number of amides is 1. The van der Waals surface area contributed by atoms with Crippen LogP contribution in [0.15, 0.2) is 24.3 Å². The number of ether oxygens (including phenoxy) is 3. The van der Waals surface area contributed by atoms with Crippen LogP contribution in [0.4, 0.5) is 0 Å². The highest BCUT2D eigenvalue weighted by Crippen LogP contribution is 2.23. The second-order valence-electron chi connectivity index (χ2n) is 6.06. The molecule has 2 rings (SSSR count). The summed E-state index contributed by atoms with van der Waals surface area (Å²) >= 11 is 0. The minimum absolute atomic E-state index is 0.181. The highest BCUT2D eigenvalue weighted by molar-refractivity contribution is 5.81. The second-order valence-corrected chi connectivity index (χ2v) is 6.06. The van der Waals surface area contributed by atoms with Crippen LogP contribution in [-0.2, 0) is 14.3 Å². The van der Waals surface area contributed by atoms with Gasteiger partial charge in [0.05, 0.1) is 7.11 Å². The fourth-order valence-corrected chi connectivity index (χ4v) is 2.78. The van der Waals surface area contributed by atoms with E-state index in [1.54, 1.807) is 31.4 Å². The predicted octanol–water partition coefficient (Wildman–Crippen LogP) is 2.31. The number of hydrogen-bond acceptors (Lipinski definition) is 5. The molecule has 1 aliphatic carbocycles. The van der Waals surface area contributed by atoms with Crippen LogP contribution in [0.3, 0.4) is 0 Å². The minimum atomic E-state index is -0.572. The topological polar surface area (TPSA) is 73.9 Å². The second kappa shape index (κ2) is 9.15.